The summed E-state index contributed by atoms with van der Waals surface area (Å²) in [7, 11) is 1.46. The maximum atomic E-state index is 11.8. The minimum Gasteiger partial charge on any atom is -0.389 e. The molecule has 0 saturated heterocycles. The lowest BCUT2D eigenvalue weighted by molar-refractivity contribution is -0.384. The van der Waals surface area contributed by atoms with Crippen molar-refractivity contribution in [2.24, 2.45) is 12.8 Å². The number of nitro groups is 1. The Kier molecular flexibility index (Phi) is 3.57. The van der Waals surface area contributed by atoms with E-state index < -0.39 is 10.5 Å². The number of hydrogen-bond donors (Lipinski definition) is 1. The summed E-state index contributed by atoms with van der Waals surface area (Å²) >= 11 is 4.81. The summed E-state index contributed by atoms with van der Waals surface area (Å²) < 4.78 is 1.10. The van der Waals surface area contributed by atoms with Crippen LogP contribution in [0.5, 0.6) is 0 Å². The molecule has 0 aliphatic rings. The largest absolute Gasteiger partial charge is 0.389 e. The number of aromatic nitrogens is 2. The molecule has 0 spiro atoms. The van der Waals surface area contributed by atoms with Crippen LogP contribution in [0.25, 0.3) is 11.3 Å². The molecule has 0 aliphatic carbocycles. The third-order valence-corrected chi connectivity index (χ3v) is 2.90. The number of hydrogen-bond acceptors (Lipinski definition) is 5. The Labute approximate surface area is 118 Å². The van der Waals surface area contributed by atoms with Crippen LogP contribution in [0.3, 0.4) is 0 Å². The number of thiocarbonyl (C=S) groups is 1. The van der Waals surface area contributed by atoms with Gasteiger partial charge in [0.25, 0.3) is 11.2 Å². The van der Waals surface area contributed by atoms with E-state index in [-0.39, 0.29) is 16.2 Å². The van der Waals surface area contributed by atoms with Gasteiger partial charge < -0.3 is 5.73 Å². The fraction of sp³-hybridized carbons (Fsp3) is 0.0833. The first-order chi connectivity index (χ1) is 9.40. The van der Waals surface area contributed by atoms with Crippen LogP contribution in [0, 0.1) is 10.1 Å². The van der Waals surface area contributed by atoms with Crippen molar-refractivity contribution in [2.75, 3.05) is 0 Å². The molecule has 1 heterocycles. The van der Waals surface area contributed by atoms with Crippen LogP contribution in [-0.4, -0.2) is 19.7 Å². The molecule has 0 saturated carbocycles. The SMILES string of the molecule is Cn1nc(-c2cccc([N+](=O)[O-])c2)cc(C(N)=S)c1=O. The number of nitrogens with zero attached hydrogens (tertiary/aromatic N) is 3. The van der Waals surface area contributed by atoms with E-state index in [1.54, 1.807) is 12.1 Å². The molecule has 0 bridgehead atoms. The predicted molar refractivity (Wildman–Crippen MR) is 77.5 cm³/mol. The molecule has 0 aliphatic heterocycles. The Morgan fingerprint density at radius 1 is 1.45 bits per heavy atom. The van der Waals surface area contributed by atoms with Crippen LogP contribution < -0.4 is 11.3 Å². The molecular formula is C12H10N4O3S. The van der Waals surface area contributed by atoms with Crippen molar-refractivity contribution in [3.8, 4) is 11.3 Å². The molecule has 0 fully saturated rings. The van der Waals surface area contributed by atoms with Crippen LogP contribution in [0.4, 0.5) is 5.69 Å². The quantitative estimate of drug-likeness (QED) is 0.513. The topological polar surface area (TPSA) is 104 Å². The van der Waals surface area contributed by atoms with E-state index in [0.29, 0.717) is 11.3 Å². The number of benzene rings is 1. The average molecular weight is 290 g/mol. The van der Waals surface area contributed by atoms with Crippen LogP contribution >= 0.6 is 12.2 Å². The minimum atomic E-state index is -0.500. The highest BCUT2D eigenvalue weighted by atomic mass is 32.1. The molecule has 1 aromatic carbocycles. The third kappa shape index (κ3) is 2.54. The summed E-state index contributed by atoms with van der Waals surface area (Å²) in [5.41, 5.74) is 6.07. The van der Waals surface area contributed by atoms with Crippen molar-refractivity contribution >= 4 is 22.9 Å². The van der Waals surface area contributed by atoms with Crippen LogP contribution in [0.1, 0.15) is 5.56 Å². The minimum absolute atomic E-state index is 0.0420. The van der Waals surface area contributed by atoms with Gasteiger partial charge in [0.05, 0.1) is 16.2 Å². The maximum Gasteiger partial charge on any atom is 0.276 e. The van der Waals surface area contributed by atoms with Gasteiger partial charge in [0.1, 0.15) is 4.99 Å². The number of non-ortho nitro benzene ring substituents is 1. The lowest BCUT2D eigenvalue weighted by Gasteiger charge is -2.06. The molecule has 1 aromatic heterocycles. The van der Waals surface area contributed by atoms with Crippen LogP contribution in [-0.2, 0) is 7.05 Å². The molecule has 8 heteroatoms. The first kappa shape index (κ1) is 13.8. The van der Waals surface area contributed by atoms with Gasteiger partial charge in [0.15, 0.2) is 0 Å². The Balaban J connectivity index is 2.64. The number of nitro benzene ring substituents is 1. The van der Waals surface area contributed by atoms with Crippen molar-refractivity contribution in [2.45, 2.75) is 0 Å². The van der Waals surface area contributed by atoms with Gasteiger partial charge in [-0.05, 0) is 6.07 Å². The monoisotopic (exact) mass is 290 g/mol. The molecule has 2 N–H and O–H groups in total. The Hall–Kier alpha value is -2.61. The molecule has 20 heavy (non-hydrogen) atoms. The van der Waals surface area contributed by atoms with Gasteiger partial charge in [-0.3, -0.25) is 14.9 Å². The lowest BCUT2D eigenvalue weighted by atomic mass is 10.1. The molecule has 102 valence electrons. The van der Waals surface area contributed by atoms with Crippen LogP contribution in [0.2, 0.25) is 0 Å². The molecule has 0 unspecified atom stereocenters. The van der Waals surface area contributed by atoms with E-state index in [9.17, 15) is 14.9 Å². The van der Waals surface area contributed by atoms with Gasteiger partial charge in [-0.25, -0.2) is 4.68 Å². The smallest absolute Gasteiger partial charge is 0.276 e. The highest BCUT2D eigenvalue weighted by Crippen LogP contribution is 2.21. The van der Waals surface area contributed by atoms with Crippen molar-refractivity contribution in [1.82, 2.24) is 9.78 Å². The van der Waals surface area contributed by atoms with Gasteiger partial charge in [-0.1, -0.05) is 24.4 Å². The zero-order valence-electron chi connectivity index (χ0n) is 10.4. The lowest BCUT2D eigenvalue weighted by Crippen LogP contribution is -2.29. The highest BCUT2D eigenvalue weighted by molar-refractivity contribution is 7.80. The van der Waals surface area contributed by atoms with E-state index in [1.165, 1.54) is 25.2 Å². The standard InChI is InChI=1S/C12H10N4O3S/c1-15-12(17)9(11(13)20)6-10(14-15)7-3-2-4-8(5-7)16(18)19/h2-6H,1H3,(H2,13,20). The van der Waals surface area contributed by atoms with Gasteiger partial charge in [0, 0.05) is 24.7 Å². The first-order valence-electron chi connectivity index (χ1n) is 5.53. The Bertz CT molecular complexity index is 770. The molecule has 2 rings (SSSR count). The second-order valence-corrected chi connectivity index (χ2v) is 4.48. The van der Waals surface area contributed by atoms with Crippen LogP contribution in [0.15, 0.2) is 35.1 Å². The summed E-state index contributed by atoms with van der Waals surface area (Å²) in [6.07, 6.45) is 0. The fourth-order valence-corrected chi connectivity index (χ4v) is 1.85. The third-order valence-electron chi connectivity index (χ3n) is 2.68. The molecular weight excluding hydrogens is 280 g/mol. The summed E-state index contributed by atoms with van der Waals surface area (Å²) in [6, 6.07) is 7.38. The summed E-state index contributed by atoms with van der Waals surface area (Å²) in [4.78, 5) is 22.0. The zero-order valence-corrected chi connectivity index (χ0v) is 11.3. The first-order valence-corrected chi connectivity index (χ1v) is 5.94. The molecule has 7 nitrogen and oxygen atoms in total. The van der Waals surface area contributed by atoms with Gasteiger partial charge in [0.2, 0.25) is 0 Å². The zero-order chi connectivity index (χ0) is 14.9. The number of nitrogens with two attached hydrogens (primary N) is 1. The second kappa shape index (κ2) is 5.17. The van der Waals surface area contributed by atoms with Gasteiger partial charge >= 0.3 is 0 Å². The average Bonchev–Trinajstić information content (AvgIpc) is 2.41. The van der Waals surface area contributed by atoms with Crippen molar-refractivity contribution < 1.29 is 4.92 Å². The number of rotatable bonds is 3. The fourth-order valence-electron chi connectivity index (χ4n) is 1.71. The van der Waals surface area contributed by atoms with E-state index in [1.807, 2.05) is 0 Å². The molecule has 0 atom stereocenters. The summed E-state index contributed by atoms with van der Waals surface area (Å²) in [5, 5.41) is 14.8. The molecule has 0 radical (unpaired) electrons. The van der Waals surface area contributed by atoms with E-state index >= 15 is 0 Å². The molecule has 2 aromatic rings. The van der Waals surface area contributed by atoms with Crippen molar-refractivity contribution in [3.05, 3.63) is 56.4 Å². The molecule has 0 amide bonds. The maximum absolute atomic E-state index is 11.8. The highest BCUT2D eigenvalue weighted by Gasteiger charge is 2.12. The second-order valence-electron chi connectivity index (χ2n) is 4.04. The van der Waals surface area contributed by atoms with E-state index in [2.05, 4.69) is 5.10 Å². The van der Waals surface area contributed by atoms with Crippen molar-refractivity contribution in [3.63, 3.8) is 0 Å². The number of aryl methyl sites for hydroxylation is 1. The Morgan fingerprint density at radius 3 is 2.75 bits per heavy atom. The predicted octanol–water partition coefficient (Wildman–Crippen LogP) is 0.990. The Morgan fingerprint density at radius 2 is 2.15 bits per heavy atom. The van der Waals surface area contributed by atoms with Gasteiger partial charge in [-0.15, -0.1) is 0 Å². The summed E-state index contributed by atoms with van der Waals surface area (Å²) in [5.74, 6) is 0. The normalized spacial score (nSPS) is 10.2. The summed E-state index contributed by atoms with van der Waals surface area (Å²) in [6.45, 7) is 0. The van der Waals surface area contributed by atoms with Gasteiger partial charge in [-0.2, -0.15) is 5.10 Å². The van der Waals surface area contributed by atoms with E-state index in [0.717, 1.165) is 4.68 Å². The van der Waals surface area contributed by atoms with E-state index in [4.69, 9.17) is 18.0 Å². The van der Waals surface area contributed by atoms with Crippen molar-refractivity contribution in [1.29, 1.82) is 0 Å².